The van der Waals surface area contributed by atoms with Crippen molar-refractivity contribution in [1.29, 1.82) is 5.26 Å². The molecule has 0 saturated heterocycles. The first-order chi connectivity index (χ1) is 11.5. The number of hydrogen-bond acceptors (Lipinski definition) is 4. The van der Waals surface area contributed by atoms with Gasteiger partial charge in [0.15, 0.2) is 9.84 Å². The molecule has 0 unspecified atom stereocenters. The summed E-state index contributed by atoms with van der Waals surface area (Å²) in [6.45, 7) is 2.00. The maximum atomic E-state index is 13.1. The number of methoxy groups -OCH3 is 1. The van der Waals surface area contributed by atoms with Crippen LogP contribution in [0.4, 0.5) is 0 Å². The fraction of sp³-hybridized carbons (Fsp3) is 0.316. The summed E-state index contributed by atoms with van der Waals surface area (Å²) in [6.07, 6.45) is 0. The molecule has 5 heteroatoms. The van der Waals surface area contributed by atoms with Gasteiger partial charge in [-0.15, -0.1) is 0 Å². The van der Waals surface area contributed by atoms with Gasteiger partial charge in [-0.05, 0) is 24.6 Å². The lowest BCUT2D eigenvalue weighted by molar-refractivity contribution is 0.162. The highest BCUT2D eigenvalue weighted by atomic mass is 32.2. The van der Waals surface area contributed by atoms with Crippen LogP contribution in [0.1, 0.15) is 17.0 Å². The third-order valence-electron chi connectivity index (χ3n) is 4.69. The Balaban J connectivity index is 2.07. The first-order valence-corrected chi connectivity index (χ1v) is 9.27. The normalized spacial score (nSPS) is 25.9. The number of nitriles is 1. The number of sulfone groups is 1. The van der Waals surface area contributed by atoms with E-state index in [0.717, 1.165) is 11.1 Å². The van der Waals surface area contributed by atoms with Crippen molar-refractivity contribution >= 4 is 9.84 Å². The Morgan fingerprint density at radius 2 is 1.75 bits per heavy atom. The molecule has 2 aromatic carbocycles. The molecule has 1 fully saturated rings. The minimum absolute atomic E-state index is 0.0961. The minimum Gasteiger partial charge on any atom is -0.383 e. The largest absolute Gasteiger partial charge is 0.383 e. The second kappa shape index (κ2) is 6.04. The summed E-state index contributed by atoms with van der Waals surface area (Å²) in [7, 11) is -2.13. The van der Waals surface area contributed by atoms with E-state index >= 15 is 0 Å². The van der Waals surface area contributed by atoms with Crippen LogP contribution in [0.2, 0.25) is 0 Å². The summed E-state index contributed by atoms with van der Waals surface area (Å²) in [5, 5.41) is 8.96. The van der Waals surface area contributed by atoms with E-state index in [1.807, 2.05) is 37.3 Å². The van der Waals surface area contributed by atoms with Gasteiger partial charge in [-0.25, -0.2) is 8.42 Å². The van der Waals surface area contributed by atoms with Gasteiger partial charge < -0.3 is 4.74 Å². The molecule has 24 heavy (non-hydrogen) atoms. The van der Waals surface area contributed by atoms with Crippen molar-refractivity contribution in [2.75, 3.05) is 13.7 Å². The standard InChI is InChI=1S/C19H19NO3S/c1-14-8-10-16(11-9-14)24(21,22)18-17(15-6-4-3-5-7-15)19(18,12-20)13-23-2/h3-11,17-18H,13H2,1-2H3/t17-,18+,19+/m0/s1. The molecule has 0 N–H and O–H groups in total. The fourth-order valence-corrected chi connectivity index (χ4v) is 5.75. The van der Waals surface area contributed by atoms with Crippen molar-refractivity contribution in [2.24, 2.45) is 5.41 Å². The van der Waals surface area contributed by atoms with Crippen LogP contribution in [-0.4, -0.2) is 27.4 Å². The first-order valence-electron chi connectivity index (χ1n) is 7.73. The van der Waals surface area contributed by atoms with Gasteiger partial charge in [0.25, 0.3) is 0 Å². The Bertz CT molecular complexity index is 869. The third kappa shape index (κ3) is 2.52. The number of ether oxygens (including phenoxy) is 1. The van der Waals surface area contributed by atoms with Crippen LogP contribution in [0.5, 0.6) is 0 Å². The molecule has 0 spiro atoms. The van der Waals surface area contributed by atoms with Gasteiger partial charge in [-0.1, -0.05) is 48.0 Å². The molecule has 0 radical (unpaired) electrons. The van der Waals surface area contributed by atoms with Crippen LogP contribution in [0.3, 0.4) is 0 Å². The molecule has 3 atom stereocenters. The summed E-state index contributed by atoms with van der Waals surface area (Å²) in [5.41, 5.74) is 0.810. The van der Waals surface area contributed by atoms with Crippen LogP contribution in [0, 0.1) is 23.7 Å². The number of nitrogens with zero attached hydrogens (tertiary/aromatic N) is 1. The van der Waals surface area contributed by atoms with Crippen molar-refractivity contribution in [1.82, 2.24) is 0 Å². The van der Waals surface area contributed by atoms with Gasteiger partial charge in [-0.2, -0.15) is 5.26 Å². The fourth-order valence-electron chi connectivity index (χ4n) is 3.44. The number of benzene rings is 2. The van der Waals surface area contributed by atoms with Crippen LogP contribution in [0.15, 0.2) is 59.5 Å². The summed E-state index contributed by atoms with van der Waals surface area (Å²) >= 11 is 0. The van der Waals surface area contributed by atoms with Gasteiger partial charge >= 0.3 is 0 Å². The highest BCUT2D eigenvalue weighted by molar-refractivity contribution is 7.92. The zero-order chi connectivity index (χ0) is 17.4. The second-order valence-electron chi connectivity index (χ2n) is 6.25. The Labute approximate surface area is 142 Å². The monoisotopic (exact) mass is 341 g/mol. The van der Waals surface area contributed by atoms with E-state index in [4.69, 9.17) is 4.74 Å². The van der Waals surface area contributed by atoms with Crippen LogP contribution >= 0.6 is 0 Å². The minimum atomic E-state index is -3.62. The Morgan fingerprint density at radius 1 is 1.12 bits per heavy atom. The molecule has 2 aromatic rings. The maximum Gasteiger partial charge on any atom is 0.183 e. The molecule has 1 aliphatic rings. The van der Waals surface area contributed by atoms with Gasteiger partial charge in [0, 0.05) is 13.0 Å². The SMILES string of the molecule is COC[C@@]1(C#N)[C@H](S(=O)(=O)c2ccc(C)cc2)[C@@H]1c1ccccc1. The predicted octanol–water partition coefficient (Wildman–Crippen LogP) is 3.09. The lowest BCUT2D eigenvalue weighted by atomic mass is 10.0. The highest BCUT2D eigenvalue weighted by Gasteiger charge is 2.72. The summed E-state index contributed by atoms with van der Waals surface area (Å²) < 4.78 is 31.5. The molecule has 0 aromatic heterocycles. The maximum absolute atomic E-state index is 13.1. The van der Waals surface area contributed by atoms with Gasteiger partial charge in [-0.3, -0.25) is 0 Å². The topological polar surface area (TPSA) is 67.2 Å². The molecular weight excluding hydrogens is 322 g/mol. The average molecular weight is 341 g/mol. The number of aryl methyl sites for hydroxylation is 1. The Hall–Kier alpha value is -2.16. The van der Waals surface area contributed by atoms with E-state index in [2.05, 4.69) is 6.07 Å². The summed E-state index contributed by atoms with van der Waals surface area (Å²) in [6, 6.07) is 18.3. The van der Waals surface area contributed by atoms with Crippen molar-refractivity contribution < 1.29 is 13.2 Å². The van der Waals surface area contributed by atoms with Crippen LogP contribution in [-0.2, 0) is 14.6 Å². The average Bonchev–Trinajstić information content (AvgIpc) is 3.26. The second-order valence-corrected chi connectivity index (χ2v) is 8.32. The zero-order valence-electron chi connectivity index (χ0n) is 13.6. The lowest BCUT2D eigenvalue weighted by Gasteiger charge is -2.08. The molecule has 3 rings (SSSR count). The highest BCUT2D eigenvalue weighted by Crippen LogP contribution is 2.63. The van der Waals surface area contributed by atoms with Gasteiger partial charge in [0.1, 0.15) is 5.41 Å². The molecule has 1 saturated carbocycles. The molecule has 4 nitrogen and oxygen atoms in total. The number of rotatable bonds is 5. The molecule has 1 aliphatic carbocycles. The Kier molecular flexibility index (Phi) is 4.20. The first kappa shape index (κ1) is 16.7. The molecule has 124 valence electrons. The van der Waals surface area contributed by atoms with Crippen LogP contribution in [0.25, 0.3) is 0 Å². The van der Waals surface area contributed by atoms with E-state index in [-0.39, 0.29) is 17.4 Å². The third-order valence-corrected chi connectivity index (χ3v) is 6.98. The van der Waals surface area contributed by atoms with E-state index in [1.54, 1.807) is 24.3 Å². The van der Waals surface area contributed by atoms with E-state index in [0.29, 0.717) is 0 Å². The van der Waals surface area contributed by atoms with Crippen molar-refractivity contribution in [3.8, 4) is 6.07 Å². The lowest BCUT2D eigenvalue weighted by Crippen LogP contribution is -2.19. The van der Waals surface area contributed by atoms with E-state index in [1.165, 1.54) is 7.11 Å². The van der Waals surface area contributed by atoms with Crippen molar-refractivity contribution in [2.45, 2.75) is 23.0 Å². The molecule has 0 aliphatic heterocycles. The smallest absolute Gasteiger partial charge is 0.183 e. The predicted molar refractivity (Wildman–Crippen MR) is 91.3 cm³/mol. The summed E-state index contributed by atoms with van der Waals surface area (Å²) in [4.78, 5) is 0.257. The number of hydrogen-bond donors (Lipinski definition) is 0. The van der Waals surface area contributed by atoms with E-state index in [9.17, 15) is 13.7 Å². The van der Waals surface area contributed by atoms with Gasteiger partial charge in [0.2, 0.25) is 0 Å². The molecule has 0 bridgehead atoms. The van der Waals surface area contributed by atoms with Crippen molar-refractivity contribution in [3.05, 3.63) is 65.7 Å². The zero-order valence-corrected chi connectivity index (χ0v) is 14.5. The molecule has 0 amide bonds. The quantitative estimate of drug-likeness (QED) is 0.838. The van der Waals surface area contributed by atoms with Crippen LogP contribution < -0.4 is 0 Å². The van der Waals surface area contributed by atoms with Crippen molar-refractivity contribution in [3.63, 3.8) is 0 Å². The Morgan fingerprint density at radius 3 is 2.29 bits per heavy atom. The molecule has 0 heterocycles. The molecular formula is C19H19NO3S. The summed E-state index contributed by atoms with van der Waals surface area (Å²) in [5.74, 6) is -0.380. The van der Waals surface area contributed by atoms with E-state index < -0.39 is 20.5 Å². The van der Waals surface area contributed by atoms with Gasteiger partial charge in [0.05, 0.1) is 22.8 Å².